The highest BCUT2D eigenvalue weighted by Gasteiger charge is 2.19. The van der Waals surface area contributed by atoms with E-state index in [1.54, 1.807) is 0 Å². The van der Waals surface area contributed by atoms with Gasteiger partial charge in [0.1, 0.15) is 0 Å². The summed E-state index contributed by atoms with van der Waals surface area (Å²) in [6.07, 6.45) is 1.81. The van der Waals surface area contributed by atoms with Crippen LogP contribution in [0.1, 0.15) is 19.8 Å². The quantitative estimate of drug-likeness (QED) is 0.609. The molecule has 1 saturated heterocycles. The standard InChI is InChI=1S/C8H14O2S/c1-2-10-8(9)5-7-3-4-11-6-7/h7H,2-6H2,1H3. The molecule has 0 amide bonds. The van der Waals surface area contributed by atoms with Gasteiger partial charge in [0.25, 0.3) is 0 Å². The Hall–Kier alpha value is -0.180. The van der Waals surface area contributed by atoms with E-state index in [-0.39, 0.29) is 5.97 Å². The molecule has 0 aromatic rings. The van der Waals surface area contributed by atoms with Crippen molar-refractivity contribution in [2.45, 2.75) is 19.8 Å². The van der Waals surface area contributed by atoms with Gasteiger partial charge in [-0.1, -0.05) is 0 Å². The average Bonchev–Trinajstić information content (AvgIpc) is 2.40. The number of ether oxygens (including phenoxy) is 1. The maximum Gasteiger partial charge on any atom is 0.306 e. The molecule has 0 radical (unpaired) electrons. The third-order valence-corrected chi connectivity index (χ3v) is 3.02. The normalized spacial score (nSPS) is 23.5. The van der Waals surface area contributed by atoms with Crippen molar-refractivity contribution in [2.75, 3.05) is 18.1 Å². The lowest BCUT2D eigenvalue weighted by Crippen LogP contribution is -2.10. The first-order valence-corrected chi connectivity index (χ1v) is 5.21. The highest BCUT2D eigenvalue weighted by molar-refractivity contribution is 7.99. The fourth-order valence-electron chi connectivity index (χ4n) is 1.20. The molecule has 1 rings (SSSR count). The first kappa shape index (κ1) is 8.91. The van der Waals surface area contributed by atoms with Gasteiger partial charge in [-0.15, -0.1) is 0 Å². The van der Waals surface area contributed by atoms with Gasteiger partial charge in [0.05, 0.1) is 6.61 Å². The number of carbonyl (C=O) groups excluding carboxylic acids is 1. The van der Waals surface area contributed by atoms with E-state index in [1.165, 1.54) is 12.2 Å². The van der Waals surface area contributed by atoms with E-state index in [1.807, 2.05) is 18.7 Å². The van der Waals surface area contributed by atoms with E-state index < -0.39 is 0 Å². The van der Waals surface area contributed by atoms with Crippen LogP contribution in [0.15, 0.2) is 0 Å². The van der Waals surface area contributed by atoms with Crippen LogP contribution < -0.4 is 0 Å². The van der Waals surface area contributed by atoms with Crippen LogP contribution in [0.4, 0.5) is 0 Å². The van der Waals surface area contributed by atoms with Crippen molar-refractivity contribution in [3.8, 4) is 0 Å². The molecule has 11 heavy (non-hydrogen) atoms. The topological polar surface area (TPSA) is 26.3 Å². The number of esters is 1. The second-order valence-corrected chi connectivity index (χ2v) is 3.89. The molecule has 3 heteroatoms. The van der Waals surface area contributed by atoms with E-state index >= 15 is 0 Å². The van der Waals surface area contributed by atoms with Crippen LogP contribution in [0.5, 0.6) is 0 Å². The average molecular weight is 174 g/mol. The van der Waals surface area contributed by atoms with E-state index in [4.69, 9.17) is 4.74 Å². The molecule has 1 aliphatic rings. The summed E-state index contributed by atoms with van der Waals surface area (Å²) >= 11 is 1.93. The van der Waals surface area contributed by atoms with Crippen LogP contribution in [0, 0.1) is 5.92 Å². The van der Waals surface area contributed by atoms with Crippen LogP contribution in [0.25, 0.3) is 0 Å². The minimum atomic E-state index is -0.0278. The number of thioether (sulfide) groups is 1. The summed E-state index contributed by atoms with van der Waals surface area (Å²) in [4.78, 5) is 11.0. The number of carbonyl (C=O) groups is 1. The molecule has 1 aliphatic heterocycles. The summed E-state index contributed by atoms with van der Waals surface area (Å²) in [6.45, 7) is 2.36. The molecule has 0 bridgehead atoms. The lowest BCUT2D eigenvalue weighted by Gasteiger charge is -2.05. The van der Waals surface area contributed by atoms with Gasteiger partial charge >= 0.3 is 5.97 Å². The van der Waals surface area contributed by atoms with Crippen molar-refractivity contribution in [1.82, 2.24) is 0 Å². The largest absolute Gasteiger partial charge is 0.466 e. The van der Waals surface area contributed by atoms with E-state index in [0.717, 1.165) is 5.75 Å². The van der Waals surface area contributed by atoms with Crippen LogP contribution in [-0.4, -0.2) is 24.1 Å². The van der Waals surface area contributed by atoms with Crippen LogP contribution >= 0.6 is 11.8 Å². The Balaban J connectivity index is 2.13. The molecule has 64 valence electrons. The van der Waals surface area contributed by atoms with E-state index in [0.29, 0.717) is 18.9 Å². The molecule has 0 N–H and O–H groups in total. The Morgan fingerprint density at radius 1 is 1.73 bits per heavy atom. The maximum absolute atomic E-state index is 11.0. The summed E-state index contributed by atoms with van der Waals surface area (Å²) < 4.78 is 4.86. The summed E-state index contributed by atoms with van der Waals surface area (Å²) in [5, 5.41) is 0. The molecular formula is C8H14O2S. The Kier molecular flexibility index (Phi) is 3.77. The Bertz CT molecular complexity index is 130. The van der Waals surface area contributed by atoms with Crippen molar-refractivity contribution in [3.05, 3.63) is 0 Å². The molecule has 1 atom stereocenters. The summed E-state index contributed by atoms with van der Waals surface area (Å²) in [5.41, 5.74) is 0. The minimum Gasteiger partial charge on any atom is -0.466 e. The smallest absolute Gasteiger partial charge is 0.306 e. The van der Waals surface area contributed by atoms with Gasteiger partial charge in [-0.25, -0.2) is 0 Å². The zero-order chi connectivity index (χ0) is 8.10. The second kappa shape index (κ2) is 4.65. The van der Waals surface area contributed by atoms with Crippen molar-refractivity contribution < 1.29 is 9.53 Å². The zero-order valence-electron chi connectivity index (χ0n) is 6.84. The predicted molar refractivity (Wildman–Crippen MR) is 46.7 cm³/mol. The minimum absolute atomic E-state index is 0.0278. The molecule has 0 saturated carbocycles. The second-order valence-electron chi connectivity index (χ2n) is 2.74. The molecule has 1 unspecified atom stereocenters. The number of hydrogen-bond donors (Lipinski definition) is 0. The fourth-order valence-corrected chi connectivity index (χ4v) is 2.48. The molecule has 0 spiro atoms. The lowest BCUT2D eigenvalue weighted by molar-refractivity contribution is -0.144. The zero-order valence-corrected chi connectivity index (χ0v) is 7.65. The highest BCUT2D eigenvalue weighted by atomic mass is 32.2. The van der Waals surface area contributed by atoms with Crippen LogP contribution in [0.2, 0.25) is 0 Å². The van der Waals surface area contributed by atoms with Gasteiger partial charge in [0.2, 0.25) is 0 Å². The molecule has 0 aromatic carbocycles. The predicted octanol–water partition coefficient (Wildman–Crippen LogP) is 1.69. The summed E-state index contributed by atoms with van der Waals surface area (Å²) in [7, 11) is 0. The van der Waals surface area contributed by atoms with Gasteiger partial charge in [0, 0.05) is 6.42 Å². The third-order valence-electron chi connectivity index (χ3n) is 1.78. The van der Waals surface area contributed by atoms with Crippen molar-refractivity contribution in [2.24, 2.45) is 5.92 Å². The Morgan fingerprint density at radius 3 is 3.09 bits per heavy atom. The molecule has 1 fully saturated rings. The van der Waals surface area contributed by atoms with Crippen LogP contribution in [-0.2, 0) is 9.53 Å². The molecule has 2 nitrogen and oxygen atoms in total. The first-order valence-electron chi connectivity index (χ1n) is 4.06. The number of hydrogen-bond acceptors (Lipinski definition) is 3. The van der Waals surface area contributed by atoms with Crippen LogP contribution in [0.3, 0.4) is 0 Å². The van der Waals surface area contributed by atoms with Crippen molar-refractivity contribution >= 4 is 17.7 Å². The van der Waals surface area contributed by atoms with E-state index in [9.17, 15) is 4.79 Å². The van der Waals surface area contributed by atoms with Gasteiger partial charge in [-0.05, 0) is 30.8 Å². The monoisotopic (exact) mass is 174 g/mol. The van der Waals surface area contributed by atoms with Crippen molar-refractivity contribution in [3.63, 3.8) is 0 Å². The Labute approximate surface area is 71.7 Å². The molecule has 1 heterocycles. The van der Waals surface area contributed by atoms with Crippen molar-refractivity contribution in [1.29, 1.82) is 0 Å². The van der Waals surface area contributed by atoms with Gasteiger partial charge in [-0.3, -0.25) is 4.79 Å². The van der Waals surface area contributed by atoms with Gasteiger partial charge in [0.15, 0.2) is 0 Å². The first-order chi connectivity index (χ1) is 5.33. The fraction of sp³-hybridized carbons (Fsp3) is 0.875. The Morgan fingerprint density at radius 2 is 2.55 bits per heavy atom. The van der Waals surface area contributed by atoms with Gasteiger partial charge in [-0.2, -0.15) is 11.8 Å². The molecule has 0 aromatic heterocycles. The SMILES string of the molecule is CCOC(=O)CC1CCSC1. The summed E-state index contributed by atoms with van der Waals surface area (Å²) in [5.74, 6) is 2.90. The lowest BCUT2D eigenvalue weighted by atomic mass is 10.1. The highest BCUT2D eigenvalue weighted by Crippen LogP contribution is 2.26. The number of rotatable bonds is 3. The maximum atomic E-state index is 11.0. The van der Waals surface area contributed by atoms with Gasteiger partial charge < -0.3 is 4.74 Å². The molecular weight excluding hydrogens is 160 g/mol. The van der Waals surface area contributed by atoms with E-state index in [2.05, 4.69) is 0 Å². The summed E-state index contributed by atoms with van der Waals surface area (Å²) in [6, 6.07) is 0. The molecule has 0 aliphatic carbocycles. The third kappa shape index (κ3) is 3.14.